The van der Waals surface area contributed by atoms with Crippen molar-refractivity contribution in [1.29, 1.82) is 0 Å². The van der Waals surface area contributed by atoms with Crippen LogP contribution in [0.15, 0.2) is 35.7 Å². The highest BCUT2D eigenvalue weighted by molar-refractivity contribution is 7.09. The van der Waals surface area contributed by atoms with Gasteiger partial charge in [-0.2, -0.15) is 0 Å². The minimum absolute atomic E-state index is 0.0890. The van der Waals surface area contributed by atoms with Gasteiger partial charge in [-0.1, -0.05) is 30.3 Å². The lowest BCUT2D eigenvalue weighted by Crippen LogP contribution is -2.30. The van der Waals surface area contributed by atoms with E-state index < -0.39 is 6.09 Å². The predicted molar refractivity (Wildman–Crippen MR) is 92.9 cm³/mol. The summed E-state index contributed by atoms with van der Waals surface area (Å²) in [4.78, 5) is 27.8. The Balaban J connectivity index is 2.15. The number of likely N-dealkylation sites (N-methyl/N-ethyl adjacent to an activating group) is 1. The fraction of sp³-hybridized carbons (Fsp3) is 0.353. The molecule has 0 radical (unpaired) electrons. The molecule has 0 aliphatic rings. The number of hydrogen-bond donors (Lipinski definition) is 2. The minimum Gasteiger partial charge on any atom is -0.450 e. The molecule has 2 rings (SSSR count). The molecule has 24 heavy (non-hydrogen) atoms. The van der Waals surface area contributed by atoms with Crippen molar-refractivity contribution in [3.05, 3.63) is 52.0 Å². The molecule has 0 bridgehead atoms. The van der Waals surface area contributed by atoms with E-state index in [1.165, 1.54) is 11.3 Å². The van der Waals surface area contributed by atoms with Crippen LogP contribution in [0.2, 0.25) is 0 Å². The van der Waals surface area contributed by atoms with E-state index in [0.717, 1.165) is 11.3 Å². The largest absolute Gasteiger partial charge is 0.450 e. The smallest absolute Gasteiger partial charge is 0.407 e. The number of aromatic nitrogens is 1. The third-order valence-electron chi connectivity index (χ3n) is 3.37. The van der Waals surface area contributed by atoms with Gasteiger partial charge in [0.1, 0.15) is 5.01 Å². The quantitative estimate of drug-likeness (QED) is 0.806. The molecule has 0 saturated carbocycles. The number of thiazole rings is 1. The maximum Gasteiger partial charge on any atom is 0.407 e. The summed E-state index contributed by atoms with van der Waals surface area (Å²) >= 11 is 1.41. The van der Waals surface area contributed by atoms with Crippen molar-refractivity contribution >= 4 is 23.3 Å². The molecule has 128 valence electrons. The third-order valence-corrected chi connectivity index (χ3v) is 4.23. The zero-order valence-corrected chi connectivity index (χ0v) is 14.6. The van der Waals surface area contributed by atoms with Crippen LogP contribution in [0, 0.1) is 0 Å². The van der Waals surface area contributed by atoms with Gasteiger partial charge in [0.25, 0.3) is 0 Å². The van der Waals surface area contributed by atoms with Gasteiger partial charge >= 0.3 is 6.09 Å². The van der Waals surface area contributed by atoms with Crippen LogP contribution < -0.4 is 10.6 Å². The lowest BCUT2D eigenvalue weighted by Gasteiger charge is -2.16. The highest BCUT2D eigenvalue weighted by atomic mass is 32.1. The van der Waals surface area contributed by atoms with E-state index in [2.05, 4.69) is 15.6 Å². The molecule has 7 heteroatoms. The van der Waals surface area contributed by atoms with E-state index in [4.69, 9.17) is 4.74 Å². The molecule has 0 aliphatic carbocycles. The Kier molecular flexibility index (Phi) is 6.74. The van der Waals surface area contributed by atoms with Crippen LogP contribution in [-0.4, -0.2) is 30.6 Å². The maximum absolute atomic E-state index is 11.8. The monoisotopic (exact) mass is 347 g/mol. The van der Waals surface area contributed by atoms with Gasteiger partial charge in [0.2, 0.25) is 5.91 Å². The Labute approximate surface area is 145 Å². The van der Waals surface area contributed by atoms with Crippen LogP contribution in [0.4, 0.5) is 4.79 Å². The summed E-state index contributed by atoms with van der Waals surface area (Å²) in [5.74, 6) is -0.0890. The first-order chi connectivity index (χ1) is 11.6. The van der Waals surface area contributed by atoms with Crippen LogP contribution in [0.1, 0.15) is 29.2 Å². The van der Waals surface area contributed by atoms with Crippen LogP contribution >= 0.6 is 11.3 Å². The average molecular weight is 347 g/mol. The first-order valence-electron chi connectivity index (χ1n) is 7.74. The van der Waals surface area contributed by atoms with E-state index in [9.17, 15) is 9.59 Å². The first-order valence-corrected chi connectivity index (χ1v) is 8.62. The summed E-state index contributed by atoms with van der Waals surface area (Å²) < 4.78 is 4.98. The van der Waals surface area contributed by atoms with Gasteiger partial charge in [0.15, 0.2) is 0 Å². The minimum atomic E-state index is -0.473. The SMILES string of the molecule is CCOC(=O)NC(Cc1ccccc1)c1csc(CC(=O)NC)n1. The zero-order chi connectivity index (χ0) is 17.4. The Morgan fingerprint density at radius 2 is 2.04 bits per heavy atom. The molecule has 1 unspecified atom stereocenters. The molecule has 1 atom stereocenters. The average Bonchev–Trinajstić information content (AvgIpc) is 3.03. The summed E-state index contributed by atoms with van der Waals surface area (Å²) in [5, 5.41) is 8.01. The number of benzene rings is 1. The number of ether oxygens (including phenoxy) is 1. The molecule has 1 heterocycles. The molecule has 0 saturated heterocycles. The number of rotatable bonds is 7. The predicted octanol–water partition coefficient (Wildman–Crippen LogP) is 2.46. The maximum atomic E-state index is 11.8. The summed E-state index contributed by atoms with van der Waals surface area (Å²) in [7, 11) is 1.59. The number of carbonyl (C=O) groups excluding carboxylic acids is 2. The lowest BCUT2D eigenvalue weighted by molar-refractivity contribution is -0.119. The number of hydrogen-bond acceptors (Lipinski definition) is 5. The molecule has 0 fully saturated rings. The fourth-order valence-corrected chi connectivity index (χ4v) is 3.03. The normalized spacial score (nSPS) is 11.6. The summed E-state index contributed by atoms with van der Waals surface area (Å²) in [6.07, 6.45) is 0.362. The van der Waals surface area contributed by atoms with Crippen molar-refractivity contribution in [2.75, 3.05) is 13.7 Å². The molecule has 1 aromatic heterocycles. The van der Waals surface area contributed by atoms with Gasteiger partial charge in [-0.3, -0.25) is 4.79 Å². The molecule has 2 N–H and O–H groups in total. The topological polar surface area (TPSA) is 80.3 Å². The Morgan fingerprint density at radius 3 is 2.71 bits per heavy atom. The molecule has 1 aromatic carbocycles. The molecule has 0 spiro atoms. The molecule has 0 aliphatic heterocycles. The lowest BCUT2D eigenvalue weighted by atomic mass is 10.0. The Morgan fingerprint density at radius 1 is 1.29 bits per heavy atom. The number of nitrogens with zero attached hydrogens (tertiary/aromatic N) is 1. The van der Waals surface area contributed by atoms with Crippen LogP contribution in [-0.2, 0) is 22.4 Å². The summed E-state index contributed by atoms with van der Waals surface area (Å²) in [6.45, 7) is 2.07. The van der Waals surface area contributed by atoms with Crippen LogP contribution in [0.5, 0.6) is 0 Å². The van der Waals surface area contributed by atoms with Gasteiger partial charge in [-0.05, 0) is 18.9 Å². The number of amides is 2. The standard InChI is InChI=1S/C17H21N3O3S/c1-3-23-17(22)20-13(9-12-7-5-4-6-8-12)14-11-24-16(19-14)10-15(21)18-2/h4-8,11,13H,3,9-10H2,1-2H3,(H,18,21)(H,20,22). The van der Waals surface area contributed by atoms with Crippen molar-refractivity contribution in [2.24, 2.45) is 0 Å². The van der Waals surface area contributed by atoms with Crippen molar-refractivity contribution in [3.63, 3.8) is 0 Å². The van der Waals surface area contributed by atoms with E-state index in [0.29, 0.717) is 18.0 Å². The highest BCUT2D eigenvalue weighted by Crippen LogP contribution is 2.21. The van der Waals surface area contributed by atoms with Gasteiger partial charge in [-0.25, -0.2) is 9.78 Å². The fourth-order valence-electron chi connectivity index (χ4n) is 2.19. The summed E-state index contributed by atoms with van der Waals surface area (Å²) in [6, 6.07) is 9.54. The van der Waals surface area contributed by atoms with E-state index in [-0.39, 0.29) is 18.4 Å². The number of alkyl carbamates (subject to hydrolysis) is 1. The van der Waals surface area contributed by atoms with E-state index >= 15 is 0 Å². The number of carbonyl (C=O) groups is 2. The molecular formula is C17H21N3O3S. The molecule has 2 aromatic rings. The molecule has 2 amide bonds. The number of nitrogens with one attached hydrogen (secondary N) is 2. The van der Waals surface area contributed by atoms with Gasteiger partial charge < -0.3 is 15.4 Å². The third kappa shape index (κ3) is 5.34. The van der Waals surface area contributed by atoms with Crippen molar-refractivity contribution < 1.29 is 14.3 Å². The first kappa shape index (κ1) is 17.9. The van der Waals surface area contributed by atoms with Gasteiger partial charge in [-0.15, -0.1) is 11.3 Å². The van der Waals surface area contributed by atoms with Gasteiger partial charge in [0.05, 0.1) is 24.8 Å². The van der Waals surface area contributed by atoms with E-state index in [1.54, 1.807) is 14.0 Å². The summed E-state index contributed by atoms with van der Waals surface area (Å²) in [5.41, 5.74) is 1.82. The Hall–Kier alpha value is -2.41. The van der Waals surface area contributed by atoms with Crippen molar-refractivity contribution in [2.45, 2.75) is 25.8 Å². The highest BCUT2D eigenvalue weighted by Gasteiger charge is 2.19. The van der Waals surface area contributed by atoms with E-state index in [1.807, 2.05) is 35.7 Å². The zero-order valence-electron chi connectivity index (χ0n) is 13.7. The second kappa shape index (κ2) is 9.02. The van der Waals surface area contributed by atoms with Crippen LogP contribution in [0.25, 0.3) is 0 Å². The van der Waals surface area contributed by atoms with Crippen LogP contribution in [0.3, 0.4) is 0 Å². The van der Waals surface area contributed by atoms with Crippen molar-refractivity contribution in [3.8, 4) is 0 Å². The second-order valence-electron chi connectivity index (χ2n) is 5.12. The van der Waals surface area contributed by atoms with Gasteiger partial charge in [0, 0.05) is 12.4 Å². The second-order valence-corrected chi connectivity index (χ2v) is 6.07. The Bertz CT molecular complexity index is 673. The molecular weight excluding hydrogens is 326 g/mol. The van der Waals surface area contributed by atoms with Crippen molar-refractivity contribution in [1.82, 2.24) is 15.6 Å². The molecule has 6 nitrogen and oxygen atoms in total.